The SMILES string of the molecule is NC(=S)c1ccc(N2CCN3CCCCC3C2)cc1. The highest BCUT2D eigenvalue weighted by Gasteiger charge is 2.28. The lowest BCUT2D eigenvalue weighted by atomic mass is 9.99. The number of hydrogen-bond acceptors (Lipinski definition) is 3. The second-order valence-electron chi connectivity index (χ2n) is 5.54. The Hall–Kier alpha value is -1.13. The quantitative estimate of drug-likeness (QED) is 0.837. The largest absolute Gasteiger partial charge is 0.389 e. The predicted octanol–water partition coefficient (Wildman–Crippen LogP) is 2.00. The van der Waals surface area contributed by atoms with Crippen LogP contribution >= 0.6 is 12.2 Å². The molecule has 0 bridgehead atoms. The number of anilines is 1. The second kappa shape index (κ2) is 5.47. The number of benzene rings is 1. The van der Waals surface area contributed by atoms with Crippen LogP contribution in [0.4, 0.5) is 5.69 Å². The molecule has 1 unspecified atom stereocenters. The summed E-state index contributed by atoms with van der Waals surface area (Å²) in [5, 5.41) is 0. The molecule has 3 nitrogen and oxygen atoms in total. The van der Waals surface area contributed by atoms with Gasteiger partial charge in [-0.15, -0.1) is 0 Å². The molecule has 2 fully saturated rings. The molecule has 0 saturated carbocycles. The van der Waals surface area contributed by atoms with Crippen molar-refractivity contribution in [1.29, 1.82) is 0 Å². The van der Waals surface area contributed by atoms with E-state index in [0.29, 0.717) is 4.99 Å². The lowest BCUT2D eigenvalue weighted by molar-refractivity contribution is 0.133. The van der Waals surface area contributed by atoms with E-state index in [-0.39, 0.29) is 0 Å². The summed E-state index contributed by atoms with van der Waals surface area (Å²) in [6, 6.07) is 9.10. The number of piperazine rings is 1. The Morgan fingerprint density at radius 2 is 1.89 bits per heavy atom. The minimum absolute atomic E-state index is 0.476. The van der Waals surface area contributed by atoms with Crippen LogP contribution in [0.2, 0.25) is 0 Å². The molecule has 102 valence electrons. The van der Waals surface area contributed by atoms with E-state index in [1.807, 2.05) is 12.1 Å². The highest BCUT2D eigenvalue weighted by molar-refractivity contribution is 7.80. The van der Waals surface area contributed by atoms with Gasteiger partial charge in [-0.2, -0.15) is 0 Å². The normalized spacial score (nSPS) is 24.0. The Morgan fingerprint density at radius 3 is 2.63 bits per heavy atom. The number of piperidine rings is 1. The maximum Gasteiger partial charge on any atom is 0.103 e. The van der Waals surface area contributed by atoms with Crippen LogP contribution in [-0.4, -0.2) is 42.1 Å². The van der Waals surface area contributed by atoms with Gasteiger partial charge in [0.2, 0.25) is 0 Å². The zero-order chi connectivity index (χ0) is 13.2. The number of rotatable bonds is 2. The van der Waals surface area contributed by atoms with Crippen molar-refractivity contribution >= 4 is 22.9 Å². The van der Waals surface area contributed by atoms with Crippen LogP contribution in [-0.2, 0) is 0 Å². The van der Waals surface area contributed by atoms with Crippen LogP contribution in [0.15, 0.2) is 24.3 Å². The van der Waals surface area contributed by atoms with E-state index in [0.717, 1.165) is 24.7 Å². The van der Waals surface area contributed by atoms with Crippen molar-refractivity contribution in [1.82, 2.24) is 4.90 Å². The molecular weight excluding hydrogens is 254 g/mol. The van der Waals surface area contributed by atoms with Crippen LogP contribution in [0.25, 0.3) is 0 Å². The summed E-state index contributed by atoms with van der Waals surface area (Å²) in [5.74, 6) is 0. The average Bonchev–Trinajstić information content (AvgIpc) is 2.47. The summed E-state index contributed by atoms with van der Waals surface area (Å²) in [7, 11) is 0. The number of hydrogen-bond donors (Lipinski definition) is 1. The van der Waals surface area contributed by atoms with Crippen molar-refractivity contribution < 1.29 is 0 Å². The Morgan fingerprint density at radius 1 is 1.11 bits per heavy atom. The first-order valence-electron chi connectivity index (χ1n) is 7.13. The molecule has 1 atom stereocenters. The van der Waals surface area contributed by atoms with Gasteiger partial charge in [0.15, 0.2) is 0 Å². The molecule has 2 aliphatic rings. The minimum Gasteiger partial charge on any atom is -0.389 e. The summed E-state index contributed by atoms with van der Waals surface area (Å²) in [6.45, 7) is 4.77. The Bertz CT molecular complexity index is 457. The molecular formula is C15H21N3S. The van der Waals surface area contributed by atoms with E-state index in [4.69, 9.17) is 18.0 Å². The summed E-state index contributed by atoms with van der Waals surface area (Å²) >= 11 is 5.00. The van der Waals surface area contributed by atoms with Crippen LogP contribution in [0.5, 0.6) is 0 Å². The first-order valence-corrected chi connectivity index (χ1v) is 7.54. The molecule has 0 aliphatic carbocycles. The van der Waals surface area contributed by atoms with Gasteiger partial charge in [0.1, 0.15) is 4.99 Å². The number of fused-ring (bicyclic) bond motifs is 1. The lowest BCUT2D eigenvalue weighted by Gasteiger charge is -2.45. The molecule has 1 aromatic carbocycles. The van der Waals surface area contributed by atoms with Crippen molar-refractivity contribution in [2.24, 2.45) is 5.73 Å². The topological polar surface area (TPSA) is 32.5 Å². The predicted molar refractivity (Wildman–Crippen MR) is 83.8 cm³/mol. The minimum atomic E-state index is 0.476. The van der Waals surface area contributed by atoms with E-state index in [9.17, 15) is 0 Å². The summed E-state index contributed by atoms with van der Waals surface area (Å²) < 4.78 is 0. The number of nitrogens with two attached hydrogens (primary N) is 1. The lowest BCUT2D eigenvalue weighted by Crippen LogP contribution is -2.54. The number of thiocarbonyl (C=S) groups is 1. The third-order valence-electron chi connectivity index (χ3n) is 4.35. The standard InChI is InChI=1S/C15H21N3S/c16-15(19)12-4-6-13(7-5-12)18-10-9-17-8-2-1-3-14(17)11-18/h4-7,14H,1-3,8-11H2,(H2,16,19). The van der Waals surface area contributed by atoms with Gasteiger partial charge in [-0.3, -0.25) is 4.90 Å². The zero-order valence-electron chi connectivity index (χ0n) is 11.2. The summed E-state index contributed by atoms with van der Waals surface area (Å²) in [6.07, 6.45) is 4.11. The monoisotopic (exact) mass is 275 g/mol. The van der Waals surface area contributed by atoms with Crippen LogP contribution in [0, 0.1) is 0 Å². The fraction of sp³-hybridized carbons (Fsp3) is 0.533. The van der Waals surface area contributed by atoms with Crippen molar-refractivity contribution in [3.05, 3.63) is 29.8 Å². The molecule has 0 amide bonds. The Balaban J connectivity index is 1.70. The third kappa shape index (κ3) is 2.74. The molecule has 0 aromatic heterocycles. The first kappa shape index (κ1) is 12.9. The number of nitrogens with zero attached hydrogens (tertiary/aromatic N) is 2. The van der Waals surface area contributed by atoms with Crippen molar-refractivity contribution in [3.63, 3.8) is 0 Å². The molecule has 2 aliphatic heterocycles. The molecule has 3 rings (SSSR count). The highest BCUT2D eigenvalue weighted by atomic mass is 32.1. The highest BCUT2D eigenvalue weighted by Crippen LogP contribution is 2.25. The maximum absolute atomic E-state index is 5.64. The second-order valence-corrected chi connectivity index (χ2v) is 5.98. The first-order chi connectivity index (χ1) is 9.24. The van der Waals surface area contributed by atoms with Gasteiger partial charge in [0.05, 0.1) is 0 Å². The van der Waals surface area contributed by atoms with Gasteiger partial charge in [-0.05, 0) is 43.7 Å². The molecule has 1 aromatic rings. The molecule has 0 spiro atoms. The molecule has 4 heteroatoms. The third-order valence-corrected chi connectivity index (χ3v) is 4.59. The smallest absolute Gasteiger partial charge is 0.103 e. The molecule has 0 radical (unpaired) electrons. The van der Waals surface area contributed by atoms with Gasteiger partial charge >= 0.3 is 0 Å². The molecule has 19 heavy (non-hydrogen) atoms. The zero-order valence-corrected chi connectivity index (χ0v) is 12.0. The van der Waals surface area contributed by atoms with E-state index < -0.39 is 0 Å². The van der Waals surface area contributed by atoms with Gasteiger partial charge in [0.25, 0.3) is 0 Å². The fourth-order valence-corrected chi connectivity index (χ4v) is 3.36. The van der Waals surface area contributed by atoms with Crippen molar-refractivity contribution in [3.8, 4) is 0 Å². The van der Waals surface area contributed by atoms with E-state index >= 15 is 0 Å². The van der Waals surface area contributed by atoms with Crippen LogP contribution in [0.3, 0.4) is 0 Å². The van der Waals surface area contributed by atoms with E-state index in [1.165, 1.54) is 38.0 Å². The van der Waals surface area contributed by atoms with Crippen molar-refractivity contribution in [2.45, 2.75) is 25.3 Å². The van der Waals surface area contributed by atoms with E-state index in [2.05, 4.69) is 21.9 Å². The van der Waals surface area contributed by atoms with Gasteiger partial charge in [-0.25, -0.2) is 0 Å². The summed E-state index contributed by atoms with van der Waals surface area (Å²) in [4.78, 5) is 5.63. The van der Waals surface area contributed by atoms with Gasteiger partial charge in [0, 0.05) is 36.9 Å². The van der Waals surface area contributed by atoms with E-state index in [1.54, 1.807) is 0 Å². The van der Waals surface area contributed by atoms with Gasteiger partial charge in [-0.1, -0.05) is 18.6 Å². The molecule has 2 saturated heterocycles. The Labute approximate surface area is 120 Å². The molecule has 2 heterocycles. The average molecular weight is 275 g/mol. The van der Waals surface area contributed by atoms with Crippen LogP contribution < -0.4 is 10.6 Å². The summed E-state index contributed by atoms with van der Waals surface area (Å²) in [5.41, 5.74) is 7.89. The van der Waals surface area contributed by atoms with Gasteiger partial charge < -0.3 is 10.6 Å². The maximum atomic E-state index is 5.64. The Kier molecular flexibility index (Phi) is 3.71. The van der Waals surface area contributed by atoms with Crippen LogP contribution in [0.1, 0.15) is 24.8 Å². The van der Waals surface area contributed by atoms with Crippen molar-refractivity contribution in [2.75, 3.05) is 31.1 Å². The molecule has 2 N–H and O–H groups in total. The fourth-order valence-electron chi connectivity index (χ4n) is 3.23.